The number of nitrogens with zero attached hydrogens (tertiary/aromatic N) is 3. The molecule has 0 radical (unpaired) electrons. The smallest absolute Gasteiger partial charge is 0.313 e. The molecule has 404 valence electrons. The Morgan fingerprint density at radius 3 is 2.38 bits per heavy atom. The molecule has 0 spiro atoms. The van der Waals surface area contributed by atoms with Crippen molar-refractivity contribution in [3.05, 3.63) is 97.6 Å². The van der Waals surface area contributed by atoms with Crippen molar-refractivity contribution in [2.24, 2.45) is 0 Å². The number of imide groups is 1. The minimum atomic E-state index is -1.16. The minimum Gasteiger partial charge on any atom is -0.460 e. The molecule has 4 unspecified atom stereocenters. The quantitative estimate of drug-likeness (QED) is 0.0145. The molecule has 3 aliphatic rings. The molecule has 0 saturated heterocycles. The van der Waals surface area contributed by atoms with Crippen LogP contribution in [0.3, 0.4) is 0 Å². The molecule has 21 nitrogen and oxygen atoms in total. The lowest BCUT2D eigenvalue weighted by Crippen LogP contribution is -2.52. The normalized spacial score (nSPS) is 15.7. The molecule has 4 atom stereocenters. The van der Waals surface area contributed by atoms with Gasteiger partial charge in [-0.15, -0.1) is 0 Å². The number of cyclic esters (lactones) is 1. The first kappa shape index (κ1) is 56.2. The summed E-state index contributed by atoms with van der Waals surface area (Å²) in [7, 11) is 0. The maximum Gasteiger partial charge on any atom is 0.313 e. The topological polar surface area (TPSA) is 282 Å². The number of aryl methyl sites for hydroxylation is 1. The van der Waals surface area contributed by atoms with Crippen molar-refractivity contribution >= 4 is 77.3 Å². The number of ether oxygens (including phenoxy) is 2. The number of hydrogen-bond donors (Lipinski definition) is 7. The molecular formula is C53H62FN9O12S. The van der Waals surface area contributed by atoms with Gasteiger partial charge in [0.1, 0.15) is 31.8 Å². The van der Waals surface area contributed by atoms with Crippen LogP contribution in [0.5, 0.6) is 0 Å². The van der Waals surface area contributed by atoms with Crippen molar-refractivity contribution in [2.45, 2.75) is 115 Å². The van der Waals surface area contributed by atoms with E-state index in [1.165, 1.54) is 6.07 Å². The van der Waals surface area contributed by atoms with Crippen LogP contribution in [0.2, 0.25) is 0 Å². The number of carbonyl (C=O) groups excluding carboxylic acids is 9. The van der Waals surface area contributed by atoms with E-state index < -0.39 is 98.2 Å². The third-order valence-electron chi connectivity index (χ3n) is 13.6. The Morgan fingerprint density at radius 1 is 0.921 bits per heavy atom. The van der Waals surface area contributed by atoms with E-state index in [1.54, 1.807) is 54.8 Å². The first-order chi connectivity index (χ1) is 36.5. The van der Waals surface area contributed by atoms with E-state index in [-0.39, 0.29) is 55.7 Å². The molecule has 0 saturated carbocycles. The molecule has 0 bridgehead atoms. The van der Waals surface area contributed by atoms with E-state index >= 15 is 4.39 Å². The van der Waals surface area contributed by atoms with E-state index in [1.807, 2.05) is 6.92 Å². The minimum absolute atomic E-state index is 0.0434. The summed E-state index contributed by atoms with van der Waals surface area (Å²) in [5.41, 5.74) is 5.36. The lowest BCUT2D eigenvalue weighted by atomic mass is 9.81. The van der Waals surface area contributed by atoms with Gasteiger partial charge in [0.05, 0.1) is 60.6 Å². The number of halogens is 1. The molecule has 2 aromatic heterocycles. The monoisotopic (exact) mass is 1070 g/mol. The predicted molar refractivity (Wildman–Crippen MR) is 277 cm³/mol. The number of unbranched alkanes of at least 4 members (excludes halogenated alkanes) is 2. The first-order valence-electron chi connectivity index (χ1n) is 25.3. The molecule has 0 fully saturated rings. The van der Waals surface area contributed by atoms with Gasteiger partial charge in [0.25, 0.3) is 5.56 Å². The van der Waals surface area contributed by atoms with Gasteiger partial charge in [-0.1, -0.05) is 50.6 Å². The van der Waals surface area contributed by atoms with Crippen molar-refractivity contribution in [1.29, 1.82) is 0 Å². The van der Waals surface area contributed by atoms with Crippen LogP contribution in [-0.2, 0) is 78.6 Å². The number of amides is 8. The molecule has 1 aliphatic carbocycles. The van der Waals surface area contributed by atoms with Crippen LogP contribution in [-0.4, -0.2) is 119 Å². The van der Waals surface area contributed by atoms with Crippen LogP contribution >= 0.6 is 12.6 Å². The molecule has 23 heteroatoms. The predicted octanol–water partition coefficient (Wildman–Crippen LogP) is 1.95. The van der Waals surface area contributed by atoms with Gasteiger partial charge in [-0.2, -0.15) is 12.6 Å². The van der Waals surface area contributed by atoms with Crippen molar-refractivity contribution in [2.75, 3.05) is 39.5 Å². The number of rotatable bonds is 25. The summed E-state index contributed by atoms with van der Waals surface area (Å²) >= 11 is 4.17. The van der Waals surface area contributed by atoms with Gasteiger partial charge in [-0.05, 0) is 72.9 Å². The number of aromatic nitrogens is 2. The lowest BCUT2D eigenvalue weighted by Gasteiger charge is -2.29. The molecule has 76 heavy (non-hydrogen) atoms. The van der Waals surface area contributed by atoms with Crippen molar-refractivity contribution in [3.8, 4) is 11.4 Å². The standard InChI is InChI=1S/C53H62FN9O12S/c1-4-32-34-19-41-50-35(24-63(41)52(72)36(34)25-75-53(32)73)49-38(15-14-33-30(3)37(54)20-39(61-50)48(33)49)59-46(69)26-74-27-58-44(67)22-57-51(71)40(18-31-11-7-5-8-12-31)60-45(68)23-56-43(66)21-55-42(65)13-9-6-10-16-62(28-64)47(70)17-29(2)76/h5,7-8,11-12,19-20,28-29,32,38,40,76H,4,6,9-10,13-18,21-27H2,1-3H3,(H,55,65)(H,56,66)(H,57,71)(H,58,67)(H,59,69)(H,60,68). The van der Waals surface area contributed by atoms with Crippen LogP contribution < -0.4 is 37.5 Å². The number of pyridine rings is 2. The summed E-state index contributed by atoms with van der Waals surface area (Å²) in [6, 6.07) is 10.2. The number of esters is 1. The molecule has 7 rings (SSSR count). The maximum absolute atomic E-state index is 15.4. The van der Waals surface area contributed by atoms with Gasteiger partial charge in [0.15, 0.2) is 0 Å². The summed E-state index contributed by atoms with van der Waals surface area (Å²) < 4.78 is 27.8. The second kappa shape index (κ2) is 25.8. The Bertz CT molecular complexity index is 2990. The fourth-order valence-corrected chi connectivity index (χ4v) is 9.91. The second-order valence-corrected chi connectivity index (χ2v) is 19.9. The van der Waals surface area contributed by atoms with Gasteiger partial charge in [0.2, 0.25) is 47.8 Å². The molecule has 4 aromatic rings. The Morgan fingerprint density at radius 2 is 1.64 bits per heavy atom. The highest BCUT2D eigenvalue weighted by Gasteiger charge is 2.38. The van der Waals surface area contributed by atoms with Crippen molar-refractivity contribution in [3.63, 3.8) is 0 Å². The zero-order chi connectivity index (χ0) is 54.6. The van der Waals surface area contributed by atoms with Crippen molar-refractivity contribution in [1.82, 2.24) is 46.4 Å². The summed E-state index contributed by atoms with van der Waals surface area (Å²) in [5.74, 6) is -5.43. The highest BCUT2D eigenvalue weighted by Crippen LogP contribution is 2.45. The molecule has 2 aliphatic heterocycles. The summed E-state index contributed by atoms with van der Waals surface area (Å²) in [6.45, 7) is 3.20. The summed E-state index contributed by atoms with van der Waals surface area (Å²) in [4.78, 5) is 133. The number of carbonyl (C=O) groups is 9. The Hall–Kier alpha value is -7.53. The van der Waals surface area contributed by atoms with E-state index in [0.717, 1.165) is 10.5 Å². The zero-order valence-corrected chi connectivity index (χ0v) is 43.4. The fraction of sp³-hybridized carbons (Fsp3) is 0.453. The molecule has 8 amide bonds. The Balaban J connectivity index is 0.866. The number of nitrogens with one attached hydrogen (secondary N) is 6. The Kier molecular flexibility index (Phi) is 19.1. The third-order valence-corrected chi connectivity index (χ3v) is 13.8. The van der Waals surface area contributed by atoms with Crippen LogP contribution in [0.15, 0.2) is 47.3 Å². The highest BCUT2D eigenvalue weighted by atomic mass is 32.1. The first-order valence-corrected chi connectivity index (χ1v) is 25.8. The Labute approximate surface area is 442 Å². The maximum atomic E-state index is 15.4. The number of hydrogen-bond acceptors (Lipinski definition) is 14. The third kappa shape index (κ3) is 13.7. The molecular weight excluding hydrogens is 1010 g/mol. The highest BCUT2D eigenvalue weighted by molar-refractivity contribution is 7.80. The van der Waals surface area contributed by atoms with Gasteiger partial charge >= 0.3 is 5.97 Å². The SMILES string of the molecule is CCC1C(=O)OCc2c1cc1n(c2=O)Cc2c-1nc1cc(F)c(C)c3c1c2C(NC(=O)COCNC(=O)CNC(=O)C(Cc1ccccc1)NC(=O)CNC(=O)CNC(=O)CCCCCN(C=O)C(=O)CC(C)S)CC3. The zero-order valence-electron chi connectivity index (χ0n) is 42.5. The second-order valence-electron chi connectivity index (χ2n) is 19.0. The van der Waals surface area contributed by atoms with Crippen molar-refractivity contribution < 1.29 is 57.0 Å². The number of fused-ring (bicyclic) bond motifs is 5. The van der Waals surface area contributed by atoms with Gasteiger partial charge < -0.3 is 45.9 Å². The average Bonchev–Trinajstić information content (AvgIpc) is 3.85. The van der Waals surface area contributed by atoms with E-state index in [4.69, 9.17) is 14.5 Å². The van der Waals surface area contributed by atoms with Crippen LogP contribution in [0.4, 0.5) is 4.39 Å². The molecule has 4 heterocycles. The largest absolute Gasteiger partial charge is 0.460 e. The van der Waals surface area contributed by atoms with Crippen LogP contribution in [0, 0.1) is 12.7 Å². The van der Waals surface area contributed by atoms with Gasteiger partial charge in [0, 0.05) is 48.1 Å². The molecule has 2 aromatic carbocycles. The van der Waals surface area contributed by atoms with E-state index in [2.05, 4.69) is 44.5 Å². The van der Waals surface area contributed by atoms with Gasteiger partial charge in [-0.25, -0.2) is 9.37 Å². The van der Waals surface area contributed by atoms with Crippen LogP contribution in [0.1, 0.15) is 110 Å². The van der Waals surface area contributed by atoms with E-state index in [9.17, 15) is 47.9 Å². The lowest BCUT2D eigenvalue weighted by molar-refractivity contribution is -0.148. The summed E-state index contributed by atoms with van der Waals surface area (Å²) in [6.07, 6.45) is 3.54. The van der Waals surface area contributed by atoms with Gasteiger partial charge in [-0.3, -0.25) is 52.8 Å². The fourth-order valence-electron chi connectivity index (χ4n) is 9.75. The number of thiol groups is 1. The molecule has 6 N–H and O–H groups in total. The summed E-state index contributed by atoms with van der Waals surface area (Å²) in [5, 5.41) is 16.0. The average molecular weight is 1070 g/mol. The van der Waals surface area contributed by atoms with Crippen LogP contribution in [0.25, 0.3) is 22.3 Å². The van der Waals surface area contributed by atoms with E-state index in [0.29, 0.717) is 101 Å². The number of benzene rings is 2.